The molecule has 0 aromatic heterocycles. The third-order valence-corrected chi connectivity index (χ3v) is 3.53. The lowest BCUT2D eigenvalue weighted by Crippen LogP contribution is -2.36. The van der Waals surface area contributed by atoms with Gasteiger partial charge in [0.25, 0.3) is 0 Å². The number of anilines is 1. The Hall–Kier alpha value is -2.13. The molecule has 2 aromatic rings. The van der Waals surface area contributed by atoms with Gasteiger partial charge in [-0.1, -0.05) is 42.5 Å². The Bertz CT molecular complexity index is 593. The van der Waals surface area contributed by atoms with Crippen LogP contribution in [0.25, 0.3) is 0 Å². The molecule has 0 aliphatic heterocycles. The maximum atomic E-state index is 12.2. The minimum atomic E-state index is -0.0671. The lowest BCUT2D eigenvalue weighted by atomic mass is 10.1. The second-order valence-corrected chi connectivity index (χ2v) is 4.89. The van der Waals surface area contributed by atoms with E-state index in [1.165, 1.54) is 5.56 Å². The first-order valence-corrected chi connectivity index (χ1v) is 6.74. The van der Waals surface area contributed by atoms with E-state index in [2.05, 4.69) is 0 Å². The van der Waals surface area contributed by atoms with E-state index in [1.807, 2.05) is 62.4 Å². The summed E-state index contributed by atoms with van der Waals surface area (Å²) in [6, 6.07) is 15.9. The molecule has 0 spiro atoms. The third-order valence-electron chi connectivity index (χ3n) is 3.53. The number of aryl methyl sites for hydroxylation is 1. The SMILES string of the molecule is Cc1cccc(N(Cc2ccccc2)C(=O)CN)c1C. The molecule has 0 atom stereocenters. The summed E-state index contributed by atoms with van der Waals surface area (Å²) in [5, 5.41) is 0. The number of nitrogens with zero attached hydrogens (tertiary/aromatic N) is 1. The van der Waals surface area contributed by atoms with E-state index in [0.717, 1.165) is 16.8 Å². The van der Waals surface area contributed by atoms with E-state index in [9.17, 15) is 4.79 Å². The molecule has 3 heteroatoms. The molecular formula is C17H20N2O. The zero-order valence-electron chi connectivity index (χ0n) is 12.0. The van der Waals surface area contributed by atoms with E-state index >= 15 is 0 Å². The monoisotopic (exact) mass is 268 g/mol. The normalized spacial score (nSPS) is 10.3. The molecule has 20 heavy (non-hydrogen) atoms. The molecule has 0 fully saturated rings. The number of amides is 1. The van der Waals surface area contributed by atoms with Gasteiger partial charge in [0.2, 0.25) is 5.91 Å². The quantitative estimate of drug-likeness (QED) is 0.926. The minimum absolute atomic E-state index is 0.0141. The van der Waals surface area contributed by atoms with Crippen LogP contribution >= 0.6 is 0 Å². The number of hydrogen-bond donors (Lipinski definition) is 1. The fourth-order valence-electron chi connectivity index (χ4n) is 2.21. The summed E-state index contributed by atoms with van der Waals surface area (Å²) in [5.41, 5.74) is 9.88. The standard InChI is InChI=1S/C17H20N2O/c1-13-7-6-10-16(14(13)2)19(17(20)11-18)12-15-8-4-3-5-9-15/h3-10H,11-12,18H2,1-2H3. The van der Waals surface area contributed by atoms with Crippen molar-refractivity contribution in [2.45, 2.75) is 20.4 Å². The summed E-state index contributed by atoms with van der Waals surface area (Å²) in [4.78, 5) is 13.9. The first-order chi connectivity index (χ1) is 9.63. The molecule has 1 amide bonds. The van der Waals surface area contributed by atoms with Gasteiger partial charge in [-0.25, -0.2) is 0 Å². The van der Waals surface area contributed by atoms with E-state index in [-0.39, 0.29) is 12.5 Å². The van der Waals surface area contributed by atoms with Crippen molar-refractivity contribution in [3.05, 3.63) is 65.2 Å². The molecule has 2 N–H and O–H groups in total. The Morgan fingerprint density at radius 1 is 1.05 bits per heavy atom. The summed E-state index contributed by atoms with van der Waals surface area (Å²) in [6.45, 7) is 4.64. The van der Waals surface area contributed by atoms with E-state index in [4.69, 9.17) is 5.73 Å². The Morgan fingerprint density at radius 2 is 1.75 bits per heavy atom. The molecule has 0 aliphatic rings. The molecule has 0 aliphatic carbocycles. The van der Waals surface area contributed by atoms with Gasteiger partial charge in [-0.05, 0) is 36.6 Å². The predicted octanol–water partition coefficient (Wildman–Crippen LogP) is 2.80. The van der Waals surface area contributed by atoms with Gasteiger partial charge in [0.1, 0.15) is 0 Å². The van der Waals surface area contributed by atoms with Crippen LogP contribution in [0.4, 0.5) is 5.69 Å². The molecule has 0 unspecified atom stereocenters. The van der Waals surface area contributed by atoms with Gasteiger partial charge in [-0.3, -0.25) is 4.79 Å². The van der Waals surface area contributed by atoms with Crippen molar-refractivity contribution in [3.8, 4) is 0 Å². The number of carbonyl (C=O) groups is 1. The van der Waals surface area contributed by atoms with Gasteiger partial charge in [-0.15, -0.1) is 0 Å². The predicted molar refractivity (Wildman–Crippen MR) is 82.6 cm³/mol. The van der Waals surface area contributed by atoms with Gasteiger partial charge in [0.05, 0.1) is 13.1 Å². The molecule has 0 heterocycles. The van der Waals surface area contributed by atoms with Crippen LogP contribution in [-0.2, 0) is 11.3 Å². The number of carbonyl (C=O) groups excluding carboxylic acids is 1. The molecule has 2 aromatic carbocycles. The molecule has 0 saturated carbocycles. The number of rotatable bonds is 4. The van der Waals surface area contributed by atoms with Crippen molar-refractivity contribution in [2.24, 2.45) is 5.73 Å². The minimum Gasteiger partial charge on any atom is -0.322 e. The maximum absolute atomic E-state index is 12.2. The van der Waals surface area contributed by atoms with Crippen molar-refractivity contribution >= 4 is 11.6 Å². The second kappa shape index (κ2) is 6.35. The fourth-order valence-corrected chi connectivity index (χ4v) is 2.21. The van der Waals surface area contributed by atoms with Crippen LogP contribution in [0, 0.1) is 13.8 Å². The molecule has 0 saturated heterocycles. The highest BCUT2D eigenvalue weighted by Crippen LogP contribution is 2.24. The van der Waals surface area contributed by atoms with Crippen molar-refractivity contribution < 1.29 is 4.79 Å². The zero-order valence-corrected chi connectivity index (χ0v) is 12.0. The number of hydrogen-bond acceptors (Lipinski definition) is 2. The lowest BCUT2D eigenvalue weighted by Gasteiger charge is -2.25. The highest BCUT2D eigenvalue weighted by atomic mass is 16.2. The van der Waals surface area contributed by atoms with E-state index in [0.29, 0.717) is 6.54 Å². The average Bonchev–Trinajstić information content (AvgIpc) is 2.48. The zero-order chi connectivity index (χ0) is 14.5. The number of nitrogens with two attached hydrogens (primary N) is 1. The average molecular weight is 268 g/mol. The van der Waals surface area contributed by atoms with Gasteiger partial charge < -0.3 is 10.6 Å². The van der Waals surface area contributed by atoms with Crippen LogP contribution in [0.15, 0.2) is 48.5 Å². The smallest absolute Gasteiger partial charge is 0.241 e. The van der Waals surface area contributed by atoms with Gasteiger partial charge in [0, 0.05) is 5.69 Å². The Labute approximate surface area is 120 Å². The third kappa shape index (κ3) is 3.06. The highest BCUT2D eigenvalue weighted by Gasteiger charge is 2.17. The fraction of sp³-hybridized carbons (Fsp3) is 0.235. The van der Waals surface area contributed by atoms with Gasteiger partial charge >= 0.3 is 0 Å². The maximum Gasteiger partial charge on any atom is 0.241 e. The topological polar surface area (TPSA) is 46.3 Å². The highest BCUT2D eigenvalue weighted by molar-refractivity contribution is 5.95. The molecule has 3 nitrogen and oxygen atoms in total. The van der Waals surface area contributed by atoms with Crippen LogP contribution < -0.4 is 10.6 Å². The molecular weight excluding hydrogens is 248 g/mol. The largest absolute Gasteiger partial charge is 0.322 e. The van der Waals surface area contributed by atoms with Crippen molar-refractivity contribution in [1.29, 1.82) is 0 Å². The van der Waals surface area contributed by atoms with Crippen LogP contribution in [0.2, 0.25) is 0 Å². The van der Waals surface area contributed by atoms with Gasteiger partial charge in [-0.2, -0.15) is 0 Å². The summed E-state index contributed by atoms with van der Waals surface area (Å²) in [7, 11) is 0. The Balaban J connectivity index is 2.38. The summed E-state index contributed by atoms with van der Waals surface area (Å²) in [5.74, 6) is -0.0671. The van der Waals surface area contributed by atoms with E-state index < -0.39 is 0 Å². The van der Waals surface area contributed by atoms with Crippen molar-refractivity contribution in [3.63, 3.8) is 0 Å². The van der Waals surface area contributed by atoms with Crippen molar-refractivity contribution in [1.82, 2.24) is 0 Å². The van der Waals surface area contributed by atoms with Crippen LogP contribution in [0.3, 0.4) is 0 Å². The van der Waals surface area contributed by atoms with Crippen LogP contribution in [0.1, 0.15) is 16.7 Å². The van der Waals surface area contributed by atoms with Crippen molar-refractivity contribution in [2.75, 3.05) is 11.4 Å². The van der Waals surface area contributed by atoms with Gasteiger partial charge in [0.15, 0.2) is 0 Å². The molecule has 104 valence electrons. The first kappa shape index (κ1) is 14.3. The molecule has 0 radical (unpaired) electrons. The summed E-state index contributed by atoms with van der Waals surface area (Å²) >= 11 is 0. The number of benzene rings is 2. The summed E-state index contributed by atoms with van der Waals surface area (Å²) < 4.78 is 0. The van der Waals surface area contributed by atoms with Crippen LogP contribution in [0.5, 0.6) is 0 Å². The lowest BCUT2D eigenvalue weighted by molar-refractivity contribution is -0.117. The Kier molecular flexibility index (Phi) is 4.53. The molecule has 0 bridgehead atoms. The van der Waals surface area contributed by atoms with Crippen LogP contribution in [-0.4, -0.2) is 12.5 Å². The first-order valence-electron chi connectivity index (χ1n) is 6.74. The Morgan fingerprint density at radius 3 is 2.40 bits per heavy atom. The molecule has 2 rings (SSSR count). The second-order valence-electron chi connectivity index (χ2n) is 4.89. The summed E-state index contributed by atoms with van der Waals surface area (Å²) in [6.07, 6.45) is 0. The van der Waals surface area contributed by atoms with E-state index in [1.54, 1.807) is 4.90 Å².